The third-order valence-corrected chi connectivity index (χ3v) is 5.33. The van der Waals surface area contributed by atoms with Gasteiger partial charge in [0.05, 0.1) is 0 Å². The second-order valence-electron chi connectivity index (χ2n) is 7.67. The number of hydrogen-bond donors (Lipinski definition) is 1. The molecule has 168 valence electrons. The van der Waals surface area contributed by atoms with E-state index in [0.717, 1.165) is 18.8 Å². The van der Waals surface area contributed by atoms with Crippen molar-refractivity contribution in [2.75, 3.05) is 11.9 Å². The molecular weight excluding hydrogens is 433 g/mol. The molecule has 0 radical (unpaired) electrons. The fourth-order valence-corrected chi connectivity index (χ4v) is 3.71. The average Bonchev–Trinajstić information content (AvgIpc) is 3.42. The number of nitrogens with zero attached hydrogens (tertiary/aromatic N) is 5. The normalized spacial score (nSPS) is 14.1. The van der Waals surface area contributed by atoms with Gasteiger partial charge in [0.25, 0.3) is 0 Å². The number of rotatable bonds is 5. The van der Waals surface area contributed by atoms with Gasteiger partial charge in [-0.05, 0) is 35.9 Å². The number of para-hydroxylation sites is 1. The Kier molecular flexibility index (Phi) is 5.12. The van der Waals surface area contributed by atoms with E-state index in [1.807, 2.05) is 31.5 Å². The van der Waals surface area contributed by atoms with Gasteiger partial charge in [0.15, 0.2) is 0 Å². The Balaban J connectivity index is 1.21. The SMILES string of the molecule is Cn1cc(CN2C=CC(Nc3ccc(-c4noc(C(F)(F)F)n4)cn3)=CC2)c2ccccc21. The molecule has 0 saturated heterocycles. The summed E-state index contributed by atoms with van der Waals surface area (Å²) in [6, 6.07) is 11.6. The van der Waals surface area contributed by atoms with E-state index in [1.54, 1.807) is 12.1 Å². The number of hydrogen-bond acceptors (Lipinski definition) is 6. The fraction of sp³-hybridized carbons (Fsp3) is 0.174. The molecule has 1 aliphatic rings. The lowest BCUT2D eigenvalue weighted by molar-refractivity contribution is -0.159. The zero-order chi connectivity index (χ0) is 23.0. The molecule has 0 fully saturated rings. The molecule has 7 nitrogen and oxygen atoms in total. The molecule has 0 bridgehead atoms. The number of aromatic nitrogens is 4. The molecule has 4 aromatic rings. The van der Waals surface area contributed by atoms with Crippen LogP contribution in [0, 0.1) is 0 Å². The van der Waals surface area contributed by atoms with Crippen molar-refractivity contribution in [3.8, 4) is 11.4 Å². The minimum atomic E-state index is -4.68. The topological polar surface area (TPSA) is 72.0 Å². The lowest BCUT2D eigenvalue weighted by Gasteiger charge is -2.23. The Labute approximate surface area is 186 Å². The van der Waals surface area contributed by atoms with Crippen molar-refractivity contribution in [2.45, 2.75) is 12.7 Å². The van der Waals surface area contributed by atoms with Crippen LogP contribution in [0.25, 0.3) is 22.3 Å². The highest BCUT2D eigenvalue weighted by molar-refractivity contribution is 5.83. The number of benzene rings is 1. The highest BCUT2D eigenvalue weighted by Crippen LogP contribution is 2.29. The van der Waals surface area contributed by atoms with Crippen molar-refractivity contribution in [2.24, 2.45) is 7.05 Å². The summed E-state index contributed by atoms with van der Waals surface area (Å²) in [4.78, 5) is 9.81. The molecule has 4 heterocycles. The fourth-order valence-electron chi connectivity index (χ4n) is 3.71. The van der Waals surface area contributed by atoms with E-state index >= 15 is 0 Å². The first-order valence-electron chi connectivity index (χ1n) is 10.2. The van der Waals surface area contributed by atoms with Crippen molar-refractivity contribution >= 4 is 16.7 Å². The van der Waals surface area contributed by atoms with Crippen molar-refractivity contribution in [3.05, 3.63) is 84.3 Å². The first kappa shape index (κ1) is 20.8. The molecule has 0 aliphatic carbocycles. The summed E-state index contributed by atoms with van der Waals surface area (Å²) in [7, 11) is 2.05. The largest absolute Gasteiger partial charge is 0.471 e. The second kappa shape index (κ2) is 8.12. The minimum Gasteiger partial charge on any atom is -0.369 e. The summed E-state index contributed by atoms with van der Waals surface area (Å²) in [5, 5.41) is 7.81. The monoisotopic (exact) mass is 452 g/mol. The average molecular weight is 452 g/mol. The lowest BCUT2D eigenvalue weighted by Crippen LogP contribution is -2.20. The molecule has 3 aromatic heterocycles. The first-order valence-corrected chi connectivity index (χ1v) is 10.2. The van der Waals surface area contributed by atoms with Gasteiger partial charge in [-0.2, -0.15) is 18.2 Å². The Morgan fingerprint density at radius 3 is 2.70 bits per heavy atom. The van der Waals surface area contributed by atoms with Crippen LogP contribution in [0.3, 0.4) is 0 Å². The molecule has 0 spiro atoms. The molecule has 10 heteroatoms. The van der Waals surface area contributed by atoms with Crippen LogP contribution in [-0.4, -0.2) is 31.1 Å². The third kappa shape index (κ3) is 4.32. The molecule has 33 heavy (non-hydrogen) atoms. The van der Waals surface area contributed by atoms with Gasteiger partial charge in [-0.3, -0.25) is 0 Å². The maximum Gasteiger partial charge on any atom is 0.471 e. The summed E-state index contributed by atoms with van der Waals surface area (Å²) < 4.78 is 44.3. The van der Waals surface area contributed by atoms with Crippen LogP contribution in [0.5, 0.6) is 0 Å². The van der Waals surface area contributed by atoms with Gasteiger partial charge < -0.3 is 19.3 Å². The van der Waals surface area contributed by atoms with Gasteiger partial charge >= 0.3 is 12.1 Å². The number of aryl methyl sites for hydroxylation is 1. The van der Waals surface area contributed by atoms with Crippen LogP contribution in [0.2, 0.25) is 0 Å². The molecule has 1 aromatic carbocycles. The number of fused-ring (bicyclic) bond motifs is 1. The van der Waals surface area contributed by atoms with Crippen LogP contribution in [0.4, 0.5) is 19.0 Å². The van der Waals surface area contributed by atoms with Gasteiger partial charge in [-0.25, -0.2) is 4.98 Å². The van der Waals surface area contributed by atoms with Crippen LogP contribution < -0.4 is 5.32 Å². The van der Waals surface area contributed by atoms with E-state index in [-0.39, 0.29) is 5.82 Å². The second-order valence-corrected chi connectivity index (χ2v) is 7.67. The summed E-state index contributed by atoms with van der Waals surface area (Å²) in [5.74, 6) is -0.996. The molecule has 5 rings (SSSR count). The minimum absolute atomic E-state index is 0.165. The molecule has 0 unspecified atom stereocenters. The third-order valence-electron chi connectivity index (χ3n) is 5.33. The molecule has 0 amide bonds. The predicted molar refractivity (Wildman–Crippen MR) is 117 cm³/mol. The number of pyridine rings is 1. The van der Waals surface area contributed by atoms with Crippen molar-refractivity contribution < 1.29 is 17.7 Å². The van der Waals surface area contributed by atoms with E-state index < -0.39 is 12.1 Å². The van der Waals surface area contributed by atoms with Crippen LogP contribution >= 0.6 is 0 Å². The molecular formula is C23H19F3N6O. The highest BCUT2D eigenvalue weighted by atomic mass is 19.4. The van der Waals surface area contributed by atoms with Crippen molar-refractivity contribution in [3.63, 3.8) is 0 Å². The van der Waals surface area contributed by atoms with Crippen LogP contribution in [0.15, 0.2) is 77.4 Å². The molecule has 0 atom stereocenters. The maximum atomic E-state index is 12.6. The predicted octanol–water partition coefficient (Wildman–Crippen LogP) is 4.97. The standard InChI is InChI=1S/C23H19F3N6O/c1-31-13-16(18-4-2-3-5-19(18)31)14-32-10-8-17(9-11-32)28-20-7-6-15(12-27-20)21-29-22(33-30-21)23(24,25)26/h2-10,12-13H,11,14H2,1H3,(H,27,28). The van der Waals surface area contributed by atoms with Gasteiger partial charge in [0.2, 0.25) is 5.82 Å². The Hall–Kier alpha value is -4.08. The Bertz CT molecular complexity index is 1350. The quantitative estimate of drug-likeness (QED) is 0.461. The highest BCUT2D eigenvalue weighted by Gasteiger charge is 2.38. The molecule has 1 N–H and O–H groups in total. The number of anilines is 1. The smallest absolute Gasteiger partial charge is 0.369 e. The zero-order valence-corrected chi connectivity index (χ0v) is 17.5. The Morgan fingerprint density at radius 1 is 1.15 bits per heavy atom. The van der Waals surface area contributed by atoms with Crippen LogP contribution in [-0.2, 0) is 19.8 Å². The van der Waals surface area contributed by atoms with Gasteiger partial charge in [-0.1, -0.05) is 23.4 Å². The number of halogens is 3. The maximum absolute atomic E-state index is 12.6. The summed E-state index contributed by atoms with van der Waals surface area (Å²) in [6.07, 6.45) is 4.91. The summed E-state index contributed by atoms with van der Waals surface area (Å²) >= 11 is 0. The first-order chi connectivity index (χ1) is 15.9. The van der Waals surface area contributed by atoms with Gasteiger partial charge in [-0.15, -0.1) is 0 Å². The van der Waals surface area contributed by atoms with Crippen molar-refractivity contribution in [1.82, 2.24) is 24.6 Å². The molecule has 1 aliphatic heterocycles. The van der Waals surface area contributed by atoms with E-state index in [9.17, 15) is 13.2 Å². The van der Waals surface area contributed by atoms with E-state index in [4.69, 9.17) is 0 Å². The van der Waals surface area contributed by atoms with Gasteiger partial charge in [0, 0.05) is 60.9 Å². The summed E-state index contributed by atoms with van der Waals surface area (Å²) in [5.41, 5.74) is 3.67. The molecule has 0 saturated carbocycles. The van der Waals surface area contributed by atoms with E-state index in [1.165, 1.54) is 22.7 Å². The van der Waals surface area contributed by atoms with Gasteiger partial charge in [0.1, 0.15) is 5.82 Å². The number of nitrogens with one attached hydrogen (secondary N) is 1. The number of allylic oxidation sites excluding steroid dienone is 1. The lowest BCUT2D eigenvalue weighted by atomic mass is 10.1. The van der Waals surface area contributed by atoms with E-state index in [0.29, 0.717) is 11.4 Å². The summed E-state index contributed by atoms with van der Waals surface area (Å²) in [6.45, 7) is 1.52. The van der Waals surface area contributed by atoms with E-state index in [2.05, 4.69) is 58.8 Å². The Morgan fingerprint density at radius 2 is 2.00 bits per heavy atom. The van der Waals surface area contributed by atoms with Crippen molar-refractivity contribution in [1.29, 1.82) is 0 Å². The van der Waals surface area contributed by atoms with Crippen LogP contribution in [0.1, 0.15) is 11.5 Å². The zero-order valence-electron chi connectivity index (χ0n) is 17.5. The number of alkyl halides is 3.